The summed E-state index contributed by atoms with van der Waals surface area (Å²) in [5, 5.41) is 0. The van der Waals surface area contributed by atoms with Crippen LogP contribution in [0.25, 0.3) is 5.57 Å². The first-order valence-electron chi connectivity index (χ1n) is 14.1. The molecule has 6 nitrogen and oxygen atoms in total. The van der Waals surface area contributed by atoms with E-state index in [1.54, 1.807) is 24.3 Å². The van der Waals surface area contributed by atoms with Crippen LogP contribution in [0.4, 0.5) is 11.4 Å². The van der Waals surface area contributed by atoms with Crippen molar-refractivity contribution >= 4 is 72.4 Å². The van der Waals surface area contributed by atoms with E-state index >= 15 is 0 Å². The standard InChI is InChI=1S/C34H24Br2N2O4/c35-18-6-10-20(11-7-18)37-31(39)25-16-24(17-4-2-1-3-5-17)26-22-14-15-23(27(26)30(25)34(37)42)29-28(22)32(40)38(33(29)41)21-12-8-19(36)9-13-21/h1-15,22-23,25,27-30H,16H2/t22-,23-,25-,27+,28-,29+,30-/m1/s1. The molecule has 1 saturated carbocycles. The van der Waals surface area contributed by atoms with Crippen molar-refractivity contribution in [2.45, 2.75) is 6.42 Å². The summed E-state index contributed by atoms with van der Waals surface area (Å²) >= 11 is 6.88. The number of amides is 4. The van der Waals surface area contributed by atoms with E-state index in [0.717, 1.165) is 25.7 Å². The first-order valence-corrected chi connectivity index (χ1v) is 15.7. The number of carbonyl (C=O) groups excluding carboxylic acids is 4. The first kappa shape index (κ1) is 26.0. The van der Waals surface area contributed by atoms with E-state index in [9.17, 15) is 19.2 Å². The van der Waals surface area contributed by atoms with Crippen molar-refractivity contribution in [1.82, 2.24) is 0 Å². The molecule has 9 rings (SSSR count). The lowest BCUT2D eigenvalue weighted by molar-refractivity contribution is -0.129. The van der Waals surface area contributed by atoms with Crippen molar-refractivity contribution in [3.05, 3.63) is 111 Å². The van der Waals surface area contributed by atoms with Crippen LogP contribution in [0.1, 0.15) is 12.0 Å². The highest BCUT2D eigenvalue weighted by atomic mass is 79.9. The van der Waals surface area contributed by atoms with Crippen molar-refractivity contribution < 1.29 is 19.2 Å². The van der Waals surface area contributed by atoms with Gasteiger partial charge in [-0.1, -0.05) is 79.9 Å². The monoisotopic (exact) mass is 682 g/mol. The summed E-state index contributed by atoms with van der Waals surface area (Å²) in [6.07, 6.45) is 4.54. The minimum absolute atomic E-state index is 0.197. The molecule has 0 spiro atoms. The average Bonchev–Trinajstić information content (AvgIpc) is 3.43. The highest BCUT2D eigenvalue weighted by Gasteiger charge is 2.67. The van der Waals surface area contributed by atoms with Crippen LogP contribution in [-0.4, -0.2) is 23.6 Å². The van der Waals surface area contributed by atoms with E-state index in [-0.39, 0.29) is 41.4 Å². The molecule has 4 amide bonds. The van der Waals surface area contributed by atoms with Gasteiger partial charge in [-0.3, -0.25) is 29.0 Å². The van der Waals surface area contributed by atoms with Gasteiger partial charge in [0.2, 0.25) is 23.6 Å². The summed E-state index contributed by atoms with van der Waals surface area (Å²) < 4.78 is 1.72. The van der Waals surface area contributed by atoms with Crippen molar-refractivity contribution in [3.8, 4) is 0 Å². The summed E-state index contributed by atoms with van der Waals surface area (Å²) in [6, 6.07) is 24.4. The van der Waals surface area contributed by atoms with Crippen LogP contribution in [0.3, 0.4) is 0 Å². The Labute approximate surface area is 259 Å². The maximum atomic E-state index is 14.2. The minimum atomic E-state index is -0.591. The third-order valence-corrected chi connectivity index (χ3v) is 10.9. The smallest absolute Gasteiger partial charge is 0.238 e. The van der Waals surface area contributed by atoms with Gasteiger partial charge in [-0.2, -0.15) is 0 Å². The number of benzene rings is 3. The normalized spacial score (nSPS) is 31.1. The van der Waals surface area contributed by atoms with Crippen LogP contribution in [0.5, 0.6) is 0 Å². The Hall–Kier alpha value is -3.62. The number of carbonyl (C=O) groups is 4. The molecular formula is C34H24Br2N2O4. The third-order valence-electron chi connectivity index (χ3n) is 9.80. The number of allylic oxidation sites excluding steroid dienone is 4. The predicted octanol–water partition coefficient (Wildman–Crippen LogP) is 6.41. The molecule has 2 heterocycles. The summed E-state index contributed by atoms with van der Waals surface area (Å²) in [6.45, 7) is 0. The molecule has 2 aliphatic heterocycles. The number of rotatable bonds is 3. The Kier molecular flexibility index (Phi) is 5.86. The van der Waals surface area contributed by atoms with E-state index in [2.05, 4.69) is 37.9 Å². The molecule has 4 aliphatic carbocycles. The molecule has 8 heteroatoms. The Bertz CT molecular complexity index is 1750. The number of hydrogen-bond acceptors (Lipinski definition) is 4. The zero-order valence-corrected chi connectivity index (χ0v) is 25.4. The molecule has 3 fully saturated rings. The Morgan fingerprint density at radius 2 is 1.12 bits per heavy atom. The van der Waals surface area contributed by atoms with Crippen LogP contribution in [0.15, 0.2) is 106 Å². The van der Waals surface area contributed by atoms with Gasteiger partial charge >= 0.3 is 0 Å². The Morgan fingerprint density at radius 3 is 1.74 bits per heavy atom. The molecule has 6 aliphatic rings. The van der Waals surface area contributed by atoms with Gasteiger partial charge in [0.15, 0.2) is 0 Å². The van der Waals surface area contributed by atoms with Crippen LogP contribution in [-0.2, 0) is 19.2 Å². The summed E-state index contributed by atoms with van der Waals surface area (Å²) in [5.74, 6) is -4.10. The lowest BCUT2D eigenvalue weighted by Crippen LogP contribution is -2.51. The molecule has 208 valence electrons. The molecular weight excluding hydrogens is 660 g/mol. The fourth-order valence-corrected chi connectivity index (χ4v) is 8.73. The van der Waals surface area contributed by atoms with Crippen LogP contribution in [0, 0.1) is 41.4 Å². The zero-order valence-electron chi connectivity index (χ0n) is 22.2. The number of anilines is 2. The fourth-order valence-electron chi connectivity index (χ4n) is 8.21. The van der Waals surface area contributed by atoms with Gasteiger partial charge in [-0.15, -0.1) is 0 Å². The average molecular weight is 684 g/mol. The topological polar surface area (TPSA) is 74.8 Å². The minimum Gasteiger partial charge on any atom is -0.274 e. The summed E-state index contributed by atoms with van der Waals surface area (Å²) in [4.78, 5) is 59.1. The molecule has 2 saturated heterocycles. The van der Waals surface area contributed by atoms with Crippen LogP contribution < -0.4 is 9.80 Å². The highest BCUT2D eigenvalue weighted by Crippen LogP contribution is 2.63. The molecule has 3 aromatic carbocycles. The molecule has 0 N–H and O–H groups in total. The lowest BCUT2D eigenvalue weighted by atomic mass is 9.49. The molecule has 0 aromatic heterocycles. The quantitative estimate of drug-likeness (QED) is 0.236. The SMILES string of the molecule is O=C1[C@H]2[C@@H]3C=C[C@H](C4=C(c5ccccc5)C[C@H]5C(=O)N(c6ccc(Br)cc6)C(=O)[C@H]5[C@H]43)[C@H]2C(=O)N1c1ccc(Br)cc1. The predicted molar refractivity (Wildman–Crippen MR) is 165 cm³/mol. The van der Waals surface area contributed by atoms with E-state index in [4.69, 9.17) is 0 Å². The van der Waals surface area contributed by atoms with Crippen LogP contribution >= 0.6 is 31.9 Å². The Balaban J connectivity index is 1.28. The van der Waals surface area contributed by atoms with Gasteiger partial charge in [0, 0.05) is 20.8 Å². The van der Waals surface area contributed by atoms with Gasteiger partial charge in [-0.05, 0) is 72.0 Å². The van der Waals surface area contributed by atoms with E-state index in [0.29, 0.717) is 17.8 Å². The van der Waals surface area contributed by atoms with Gasteiger partial charge in [0.05, 0.1) is 35.0 Å². The molecule has 2 bridgehead atoms. The third kappa shape index (κ3) is 3.54. The number of halogens is 2. The number of imide groups is 2. The maximum absolute atomic E-state index is 14.2. The molecule has 7 atom stereocenters. The van der Waals surface area contributed by atoms with E-state index in [1.807, 2.05) is 60.7 Å². The van der Waals surface area contributed by atoms with Gasteiger partial charge in [0.25, 0.3) is 0 Å². The number of fused-ring (bicyclic) bond motifs is 1. The fraction of sp³-hybridized carbons (Fsp3) is 0.235. The van der Waals surface area contributed by atoms with Crippen molar-refractivity contribution in [2.75, 3.05) is 9.80 Å². The van der Waals surface area contributed by atoms with Crippen molar-refractivity contribution in [3.63, 3.8) is 0 Å². The highest BCUT2D eigenvalue weighted by molar-refractivity contribution is 9.10. The van der Waals surface area contributed by atoms with Gasteiger partial charge < -0.3 is 0 Å². The van der Waals surface area contributed by atoms with Crippen LogP contribution in [0.2, 0.25) is 0 Å². The van der Waals surface area contributed by atoms with Gasteiger partial charge in [-0.25, -0.2) is 0 Å². The van der Waals surface area contributed by atoms with Gasteiger partial charge in [0.1, 0.15) is 0 Å². The lowest BCUT2D eigenvalue weighted by Gasteiger charge is -2.51. The van der Waals surface area contributed by atoms with E-state index < -0.39 is 23.7 Å². The second kappa shape index (κ2) is 9.44. The molecule has 0 unspecified atom stereocenters. The molecule has 0 radical (unpaired) electrons. The molecule has 42 heavy (non-hydrogen) atoms. The molecule has 3 aromatic rings. The second-order valence-corrected chi connectivity index (χ2v) is 13.5. The largest absolute Gasteiger partial charge is 0.274 e. The van der Waals surface area contributed by atoms with E-state index in [1.165, 1.54) is 9.80 Å². The second-order valence-electron chi connectivity index (χ2n) is 11.7. The number of nitrogens with zero attached hydrogens (tertiary/aromatic N) is 2. The maximum Gasteiger partial charge on any atom is 0.238 e. The zero-order chi connectivity index (χ0) is 28.9. The first-order chi connectivity index (χ1) is 20.3. The Morgan fingerprint density at radius 1 is 0.571 bits per heavy atom. The summed E-state index contributed by atoms with van der Waals surface area (Å²) in [7, 11) is 0. The number of hydrogen-bond donors (Lipinski definition) is 0. The van der Waals surface area contributed by atoms with Crippen molar-refractivity contribution in [2.24, 2.45) is 41.4 Å². The summed E-state index contributed by atoms with van der Waals surface area (Å²) in [5.41, 5.74) is 4.17. The van der Waals surface area contributed by atoms with Crippen molar-refractivity contribution in [1.29, 1.82) is 0 Å².